The van der Waals surface area contributed by atoms with Crippen molar-refractivity contribution in [2.45, 2.75) is 310 Å². The molecule has 18 saturated carbocycles. The SMILES string of the molecule is C.C.C.C.C.C.CCC(C)(C)C(=O)OC1CC2CC(C(=O)OCOC3C4CC5CC(C4)CC3C5)C1C2.CCC(C)(C)C(=O)OC1CC2CC(C(=O)OCOCC34CC5CC(CC(C5)C3)C4)C1C2.CCC(C)C(=O)OC1CC2CC(C(=O)OCOC3C4CC5CC(C4)CC3C5)C1C2. The van der Waals surface area contributed by atoms with Gasteiger partial charge in [-0.15, -0.1) is 0 Å². The number of rotatable bonds is 22. The van der Waals surface area contributed by atoms with Crippen LogP contribution in [0.4, 0.5) is 0 Å². The van der Waals surface area contributed by atoms with E-state index in [0.717, 1.165) is 125 Å². The fourth-order valence-corrected chi connectivity index (χ4v) is 23.2. The molecule has 15 heteroatoms. The number of carbonyl (C=O) groups is 6. The lowest BCUT2D eigenvalue weighted by Crippen LogP contribution is -2.49. The van der Waals surface area contributed by atoms with Crippen molar-refractivity contribution in [3.63, 3.8) is 0 Å². The van der Waals surface area contributed by atoms with Crippen LogP contribution < -0.4 is 0 Å². The molecule has 0 heterocycles. The molecule has 13 unspecified atom stereocenters. The molecular formula is C81H138O15. The highest BCUT2D eigenvalue weighted by Gasteiger charge is 2.57. The Bertz CT molecular complexity index is 2500. The molecule has 0 aromatic heterocycles. The van der Waals surface area contributed by atoms with Gasteiger partial charge in [0.1, 0.15) is 18.3 Å². The van der Waals surface area contributed by atoms with Gasteiger partial charge in [0.2, 0.25) is 0 Å². The molecule has 96 heavy (non-hydrogen) atoms. The van der Waals surface area contributed by atoms with E-state index in [9.17, 15) is 28.8 Å². The third kappa shape index (κ3) is 16.9. The van der Waals surface area contributed by atoms with E-state index in [1.807, 2.05) is 55.4 Å². The maximum Gasteiger partial charge on any atom is 0.311 e. The molecule has 0 aliphatic heterocycles. The number of carbonyl (C=O) groups excluding carboxylic acids is 6. The zero-order valence-corrected chi connectivity index (χ0v) is 56.3. The summed E-state index contributed by atoms with van der Waals surface area (Å²) in [6, 6.07) is 0. The van der Waals surface area contributed by atoms with Crippen LogP contribution in [0.25, 0.3) is 0 Å². The first-order valence-electron chi connectivity index (χ1n) is 37.1. The molecule has 0 aromatic carbocycles. The van der Waals surface area contributed by atoms with Gasteiger partial charge in [0.05, 0.1) is 53.3 Å². The highest BCUT2D eigenvalue weighted by atomic mass is 16.7. The van der Waals surface area contributed by atoms with E-state index in [4.69, 9.17) is 42.6 Å². The summed E-state index contributed by atoms with van der Waals surface area (Å²) in [6.07, 6.45) is 32.2. The third-order valence-electron chi connectivity index (χ3n) is 27.9. The third-order valence-corrected chi connectivity index (χ3v) is 27.9. The van der Waals surface area contributed by atoms with Crippen molar-refractivity contribution >= 4 is 35.8 Å². The molecule has 0 spiro atoms. The van der Waals surface area contributed by atoms with Crippen molar-refractivity contribution in [3.05, 3.63) is 0 Å². The van der Waals surface area contributed by atoms with Crippen molar-refractivity contribution in [2.24, 2.45) is 141 Å². The molecule has 18 rings (SSSR count). The summed E-state index contributed by atoms with van der Waals surface area (Å²) in [7, 11) is 0. The molecule has 0 N–H and O–H groups in total. The summed E-state index contributed by atoms with van der Waals surface area (Å²) in [6.45, 7) is 16.6. The Labute approximate surface area is 582 Å². The van der Waals surface area contributed by atoms with Crippen molar-refractivity contribution in [2.75, 3.05) is 27.0 Å². The summed E-state index contributed by atoms with van der Waals surface area (Å²) in [5.74, 6) is 9.51. The zero-order chi connectivity index (χ0) is 63.0. The maximum absolute atomic E-state index is 12.8. The van der Waals surface area contributed by atoms with Gasteiger partial charge in [-0.3, -0.25) is 28.8 Å². The molecule has 18 fully saturated rings. The largest absolute Gasteiger partial charge is 0.462 e. The van der Waals surface area contributed by atoms with Crippen LogP contribution >= 0.6 is 0 Å². The standard InChI is InChI=1S/C26H40O5.C25H38O5.C24H36O5.6CH4/c1-4-25(2,3)24(28)31-22-10-16-8-20(22)21(9-16)23(27)30-15-29-14-26-11-17-5-18(12-26)7-19(6-17)13-26;1-4-25(2,3)24(27)30-21-12-16-10-19(21)20(11-16)23(26)29-13-28-22-17-6-14-5-15(8-17)9-18(22)7-14;1-3-13(2)23(25)29-21-11-16-9-19(21)20(10-16)24(26)28-12-27-22-17-5-14-4-15(7-17)8-18(22)6-14;;;;;;/h16-22H,4-15H2,1-3H3;14-22H,4-13H2,1-3H3;13-22H,3-12H2,1-2H3;6*1H4. The molecule has 15 nitrogen and oxygen atoms in total. The summed E-state index contributed by atoms with van der Waals surface area (Å²) < 4.78 is 52.6. The van der Waals surface area contributed by atoms with Gasteiger partial charge in [0.15, 0.2) is 20.4 Å². The fourth-order valence-electron chi connectivity index (χ4n) is 23.2. The Balaban J connectivity index is 0.000000197. The van der Waals surface area contributed by atoms with Gasteiger partial charge >= 0.3 is 35.8 Å². The first-order chi connectivity index (χ1) is 43.1. The van der Waals surface area contributed by atoms with Crippen molar-refractivity contribution < 1.29 is 71.4 Å². The van der Waals surface area contributed by atoms with Crippen LogP contribution in [0.2, 0.25) is 0 Å². The van der Waals surface area contributed by atoms with Crippen LogP contribution in [0.15, 0.2) is 0 Å². The number of hydrogen-bond acceptors (Lipinski definition) is 15. The van der Waals surface area contributed by atoms with E-state index in [0.29, 0.717) is 52.9 Å². The molecule has 18 bridgehead atoms. The van der Waals surface area contributed by atoms with Gasteiger partial charge in [-0.1, -0.05) is 72.3 Å². The first kappa shape index (κ1) is 80.0. The topological polar surface area (TPSA) is 185 Å². The van der Waals surface area contributed by atoms with Crippen LogP contribution in [-0.4, -0.2) is 93.3 Å². The molecule has 0 amide bonds. The second-order valence-corrected chi connectivity index (χ2v) is 34.8. The second-order valence-electron chi connectivity index (χ2n) is 34.8. The van der Waals surface area contributed by atoms with Crippen LogP contribution in [0.1, 0.15) is 280 Å². The normalized spacial score (nSPS) is 41.2. The quantitative estimate of drug-likeness (QED) is 0.0431. The number of hydrogen-bond donors (Lipinski definition) is 0. The summed E-state index contributed by atoms with van der Waals surface area (Å²) in [5, 5.41) is 0. The maximum atomic E-state index is 12.8. The monoisotopic (exact) mass is 1350 g/mol. The average molecular weight is 1350 g/mol. The number of esters is 6. The molecule has 0 radical (unpaired) electrons. The Hall–Kier alpha value is -3.30. The van der Waals surface area contributed by atoms with E-state index in [2.05, 4.69) is 0 Å². The number of fused-ring (bicyclic) bond motifs is 6. The summed E-state index contributed by atoms with van der Waals surface area (Å²) in [5.41, 5.74) is -0.591. The summed E-state index contributed by atoms with van der Waals surface area (Å²) >= 11 is 0. The van der Waals surface area contributed by atoms with E-state index >= 15 is 0 Å². The Morgan fingerprint density at radius 2 is 0.688 bits per heavy atom. The minimum atomic E-state index is -0.469. The molecule has 18 aliphatic carbocycles. The van der Waals surface area contributed by atoms with Gasteiger partial charge in [-0.25, -0.2) is 0 Å². The van der Waals surface area contributed by atoms with Gasteiger partial charge in [0, 0.05) is 17.8 Å². The van der Waals surface area contributed by atoms with Crippen molar-refractivity contribution in [1.82, 2.24) is 0 Å². The number of ether oxygens (including phenoxy) is 9. The molecular weight excluding hydrogens is 1210 g/mol. The Kier molecular flexibility index (Phi) is 27.3. The Morgan fingerprint density at radius 1 is 0.385 bits per heavy atom. The minimum Gasteiger partial charge on any atom is -0.462 e. The lowest BCUT2D eigenvalue weighted by molar-refractivity contribution is -0.193. The van der Waals surface area contributed by atoms with Crippen molar-refractivity contribution in [1.29, 1.82) is 0 Å². The van der Waals surface area contributed by atoms with Crippen LogP contribution in [-0.2, 0) is 71.4 Å². The van der Waals surface area contributed by atoms with E-state index in [-0.39, 0.29) is 167 Å². The Morgan fingerprint density at radius 3 is 1.00 bits per heavy atom. The predicted octanol–water partition coefficient (Wildman–Crippen LogP) is 18.0. The van der Waals surface area contributed by atoms with Gasteiger partial charge in [0.25, 0.3) is 0 Å². The fraction of sp³-hybridized carbons (Fsp3) is 0.926. The smallest absolute Gasteiger partial charge is 0.311 e. The molecule has 0 saturated heterocycles. The first-order valence-corrected chi connectivity index (χ1v) is 37.1. The van der Waals surface area contributed by atoms with E-state index < -0.39 is 10.8 Å². The lowest BCUT2D eigenvalue weighted by atomic mass is 9.50. The molecule has 552 valence electrons. The van der Waals surface area contributed by atoms with Crippen LogP contribution in [0, 0.1) is 141 Å². The molecule has 18 aliphatic rings. The summed E-state index contributed by atoms with van der Waals surface area (Å²) in [4.78, 5) is 75.6. The average Bonchev–Trinajstić information content (AvgIpc) is 1.43. The zero-order valence-electron chi connectivity index (χ0n) is 56.3. The van der Waals surface area contributed by atoms with Crippen LogP contribution in [0.3, 0.4) is 0 Å². The van der Waals surface area contributed by atoms with Crippen molar-refractivity contribution in [3.8, 4) is 0 Å². The molecule has 13 atom stereocenters. The van der Waals surface area contributed by atoms with Gasteiger partial charge in [-0.05, 0) is 296 Å². The molecule has 0 aromatic rings. The van der Waals surface area contributed by atoms with E-state index in [1.54, 1.807) is 0 Å². The minimum absolute atomic E-state index is 0. The van der Waals surface area contributed by atoms with Gasteiger partial charge in [-0.2, -0.15) is 0 Å². The second kappa shape index (κ2) is 32.8. The van der Waals surface area contributed by atoms with Gasteiger partial charge < -0.3 is 42.6 Å². The lowest BCUT2D eigenvalue weighted by Gasteiger charge is -2.56. The van der Waals surface area contributed by atoms with E-state index in [1.165, 1.54) is 103 Å². The highest BCUT2D eigenvalue weighted by Crippen LogP contribution is 2.61. The van der Waals surface area contributed by atoms with Crippen LogP contribution in [0.5, 0.6) is 0 Å². The predicted molar refractivity (Wildman–Crippen MR) is 374 cm³/mol. The highest BCUT2D eigenvalue weighted by molar-refractivity contribution is 5.78.